The number of hydrogen-bond donors (Lipinski definition) is 1. The minimum atomic E-state index is -3.93. The van der Waals surface area contributed by atoms with Gasteiger partial charge in [-0.1, -0.05) is 47.3 Å². The van der Waals surface area contributed by atoms with E-state index in [1.165, 1.54) is 30.7 Å². The number of carbonyl (C=O) groups excluding carboxylic acids is 1. The van der Waals surface area contributed by atoms with E-state index in [1.807, 2.05) is 31.2 Å². The summed E-state index contributed by atoms with van der Waals surface area (Å²) in [6.45, 7) is 1.65. The van der Waals surface area contributed by atoms with Crippen LogP contribution in [-0.2, 0) is 14.8 Å². The Balaban J connectivity index is 1.86. The standard InChI is InChI=1S/C24H31BrN2O5S/c1-17(18-8-7-9-19(25)14-18)26-24(28)16-27(20-10-5-4-6-11-20)33(29,30)21-12-13-22(31-2)23(15-21)32-3/h7-9,12-15,17,20H,4-6,10-11,16H2,1-3H3,(H,26,28)/t17-/m0/s1. The molecule has 180 valence electrons. The highest BCUT2D eigenvalue weighted by Gasteiger charge is 2.34. The van der Waals surface area contributed by atoms with Crippen molar-refractivity contribution in [2.75, 3.05) is 20.8 Å². The van der Waals surface area contributed by atoms with E-state index in [1.54, 1.807) is 6.07 Å². The molecule has 1 fully saturated rings. The molecule has 1 amide bonds. The molecule has 3 rings (SSSR count). The number of hydrogen-bond acceptors (Lipinski definition) is 5. The van der Waals surface area contributed by atoms with Crippen molar-refractivity contribution >= 4 is 31.9 Å². The predicted molar refractivity (Wildman–Crippen MR) is 131 cm³/mol. The molecule has 0 heterocycles. The summed E-state index contributed by atoms with van der Waals surface area (Å²) in [7, 11) is -0.972. The van der Waals surface area contributed by atoms with E-state index < -0.39 is 10.0 Å². The Labute approximate surface area is 204 Å². The molecule has 33 heavy (non-hydrogen) atoms. The summed E-state index contributed by atoms with van der Waals surface area (Å²) in [5.74, 6) is 0.438. The minimum Gasteiger partial charge on any atom is -0.493 e. The Kier molecular flexibility index (Phi) is 8.78. The number of nitrogens with one attached hydrogen (secondary N) is 1. The fourth-order valence-electron chi connectivity index (χ4n) is 4.18. The molecular weight excluding hydrogens is 508 g/mol. The topological polar surface area (TPSA) is 84.9 Å². The van der Waals surface area contributed by atoms with E-state index in [-0.39, 0.29) is 29.4 Å². The Hall–Kier alpha value is -2.10. The fourth-order valence-corrected chi connectivity index (χ4v) is 6.25. The summed E-state index contributed by atoms with van der Waals surface area (Å²) >= 11 is 3.44. The predicted octanol–water partition coefficient (Wildman–Crippen LogP) is 4.67. The maximum Gasteiger partial charge on any atom is 0.243 e. The zero-order valence-corrected chi connectivity index (χ0v) is 21.6. The zero-order valence-electron chi connectivity index (χ0n) is 19.2. The smallest absolute Gasteiger partial charge is 0.243 e. The van der Waals surface area contributed by atoms with Crippen molar-refractivity contribution in [1.82, 2.24) is 9.62 Å². The highest BCUT2D eigenvalue weighted by Crippen LogP contribution is 2.33. The SMILES string of the molecule is COc1ccc(S(=O)(=O)N(CC(=O)N[C@@H](C)c2cccc(Br)c2)C2CCCCC2)cc1OC. The van der Waals surface area contributed by atoms with Gasteiger partial charge in [-0.25, -0.2) is 8.42 Å². The van der Waals surface area contributed by atoms with Gasteiger partial charge in [0.1, 0.15) is 0 Å². The highest BCUT2D eigenvalue weighted by molar-refractivity contribution is 9.10. The molecule has 1 aliphatic rings. The molecule has 2 aromatic carbocycles. The van der Waals surface area contributed by atoms with Crippen LogP contribution in [0.5, 0.6) is 11.5 Å². The van der Waals surface area contributed by atoms with Crippen LogP contribution in [0.25, 0.3) is 0 Å². The van der Waals surface area contributed by atoms with Gasteiger partial charge in [0.15, 0.2) is 11.5 Å². The number of carbonyl (C=O) groups is 1. The second-order valence-corrected chi connectivity index (χ2v) is 11.0. The molecule has 0 bridgehead atoms. The van der Waals surface area contributed by atoms with Crippen molar-refractivity contribution in [3.8, 4) is 11.5 Å². The van der Waals surface area contributed by atoms with Crippen LogP contribution in [0.2, 0.25) is 0 Å². The van der Waals surface area contributed by atoms with Crippen LogP contribution in [0, 0.1) is 0 Å². The molecule has 2 aromatic rings. The van der Waals surface area contributed by atoms with Crippen molar-refractivity contribution in [2.24, 2.45) is 0 Å². The molecule has 1 atom stereocenters. The number of sulfonamides is 1. The first-order chi connectivity index (χ1) is 15.8. The largest absolute Gasteiger partial charge is 0.493 e. The van der Waals surface area contributed by atoms with Gasteiger partial charge in [-0.05, 0) is 49.6 Å². The third-order valence-corrected chi connectivity index (χ3v) is 8.36. The van der Waals surface area contributed by atoms with E-state index in [9.17, 15) is 13.2 Å². The van der Waals surface area contributed by atoms with Gasteiger partial charge in [-0.15, -0.1) is 0 Å². The normalized spacial score (nSPS) is 15.8. The maximum atomic E-state index is 13.7. The molecule has 1 aliphatic carbocycles. The Bertz CT molecular complexity index is 1070. The van der Waals surface area contributed by atoms with E-state index in [4.69, 9.17) is 9.47 Å². The summed E-state index contributed by atoms with van der Waals surface area (Å²) in [6, 6.07) is 11.7. The maximum absolute atomic E-state index is 13.7. The fraction of sp³-hybridized carbons (Fsp3) is 0.458. The van der Waals surface area contributed by atoms with Gasteiger partial charge >= 0.3 is 0 Å². The number of ether oxygens (including phenoxy) is 2. The van der Waals surface area contributed by atoms with Gasteiger partial charge in [0.2, 0.25) is 15.9 Å². The molecule has 0 saturated heterocycles. The molecule has 9 heteroatoms. The monoisotopic (exact) mass is 538 g/mol. The van der Waals surface area contributed by atoms with Gasteiger partial charge < -0.3 is 14.8 Å². The average Bonchev–Trinajstić information content (AvgIpc) is 2.82. The Morgan fingerprint density at radius 1 is 1.09 bits per heavy atom. The second kappa shape index (κ2) is 11.4. The van der Waals surface area contributed by atoms with Crippen LogP contribution in [0.4, 0.5) is 0 Å². The van der Waals surface area contributed by atoms with E-state index in [2.05, 4.69) is 21.2 Å². The molecule has 0 spiro atoms. The number of rotatable bonds is 9. The number of nitrogens with zero attached hydrogens (tertiary/aromatic N) is 1. The second-order valence-electron chi connectivity index (χ2n) is 8.20. The quantitative estimate of drug-likeness (QED) is 0.501. The van der Waals surface area contributed by atoms with Crippen molar-refractivity contribution in [1.29, 1.82) is 0 Å². The molecule has 0 radical (unpaired) electrons. The molecule has 0 unspecified atom stereocenters. The summed E-state index contributed by atoms with van der Waals surface area (Å²) < 4.78 is 40.2. The van der Waals surface area contributed by atoms with Gasteiger partial charge in [-0.2, -0.15) is 4.31 Å². The van der Waals surface area contributed by atoms with Crippen molar-refractivity contribution in [3.05, 3.63) is 52.5 Å². The van der Waals surface area contributed by atoms with Crippen molar-refractivity contribution in [2.45, 2.75) is 56.0 Å². The lowest BCUT2D eigenvalue weighted by molar-refractivity contribution is -0.122. The summed E-state index contributed by atoms with van der Waals surface area (Å²) in [4.78, 5) is 13.1. The third kappa shape index (κ3) is 6.28. The summed E-state index contributed by atoms with van der Waals surface area (Å²) in [5.41, 5.74) is 0.935. The lowest BCUT2D eigenvalue weighted by atomic mass is 9.95. The van der Waals surface area contributed by atoms with Gasteiger partial charge in [0.25, 0.3) is 0 Å². The van der Waals surface area contributed by atoms with Crippen LogP contribution in [-0.4, -0.2) is 45.4 Å². The van der Waals surface area contributed by atoms with Crippen LogP contribution in [0.1, 0.15) is 50.6 Å². The van der Waals surface area contributed by atoms with E-state index >= 15 is 0 Å². The van der Waals surface area contributed by atoms with Crippen molar-refractivity contribution in [3.63, 3.8) is 0 Å². The van der Waals surface area contributed by atoms with E-state index in [0.29, 0.717) is 11.5 Å². The zero-order chi connectivity index (χ0) is 24.0. The molecule has 1 saturated carbocycles. The van der Waals surface area contributed by atoms with Crippen LogP contribution in [0.15, 0.2) is 51.8 Å². The highest BCUT2D eigenvalue weighted by atomic mass is 79.9. The van der Waals surface area contributed by atoms with Crippen LogP contribution >= 0.6 is 15.9 Å². The Morgan fingerprint density at radius 2 is 1.79 bits per heavy atom. The van der Waals surface area contributed by atoms with Crippen LogP contribution in [0.3, 0.4) is 0 Å². The van der Waals surface area contributed by atoms with E-state index in [0.717, 1.165) is 42.1 Å². The molecular formula is C24H31BrN2O5S. The summed E-state index contributed by atoms with van der Waals surface area (Å²) in [6.07, 6.45) is 4.44. The van der Waals surface area contributed by atoms with Gasteiger partial charge in [0, 0.05) is 16.6 Å². The van der Waals surface area contributed by atoms with Gasteiger partial charge in [-0.3, -0.25) is 4.79 Å². The first-order valence-electron chi connectivity index (χ1n) is 11.0. The summed E-state index contributed by atoms with van der Waals surface area (Å²) in [5, 5.41) is 2.95. The number of amides is 1. The minimum absolute atomic E-state index is 0.0820. The Morgan fingerprint density at radius 3 is 2.42 bits per heavy atom. The molecule has 7 nitrogen and oxygen atoms in total. The first-order valence-corrected chi connectivity index (χ1v) is 13.3. The lowest BCUT2D eigenvalue weighted by Crippen LogP contribution is -2.47. The third-order valence-electron chi connectivity index (χ3n) is 5.97. The first kappa shape index (κ1) is 25.5. The molecule has 0 aliphatic heterocycles. The number of halogens is 1. The number of methoxy groups -OCH3 is 2. The number of benzene rings is 2. The molecule has 0 aromatic heterocycles. The average molecular weight is 539 g/mol. The van der Waals surface area contributed by atoms with Crippen LogP contribution < -0.4 is 14.8 Å². The molecule has 1 N–H and O–H groups in total. The lowest BCUT2D eigenvalue weighted by Gasteiger charge is -2.33. The van der Waals surface area contributed by atoms with Gasteiger partial charge in [0.05, 0.1) is 31.7 Å². The van der Waals surface area contributed by atoms with Crippen molar-refractivity contribution < 1.29 is 22.7 Å².